The number of nitrogens with one attached hydrogen (secondary N) is 1. The lowest BCUT2D eigenvalue weighted by Crippen LogP contribution is -2.50. The van der Waals surface area contributed by atoms with Crippen LogP contribution in [0.3, 0.4) is 0 Å². The molecule has 0 fully saturated rings. The molecule has 0 unspecified atom stereocenters. The maximum atomic E-state index is 13.4. The summed E-state index contributed by atoms with van der Waals surface area (Å²) >= 11 is 12.6. The number of hydrogen-bond donors (Lipinski definition) is 1. The molecule has 0 radical (unpaired) electrons. The average molecular weight is 449 g/mol. The van der Waals surface area contributed by atoms with Crippen LogP contribution in [0.1, 0.15) is 43.9 Å². The smallest absolute Gasteiger partial charge is 0.242 e. The van der Waals surface area contributed by atoms with Crippen molar-refractivity contribution in [2.45, 2.75) is 53.1 Å². The monoisotopic (exact) mass is 448 g/mol. The zero-order valence-electron chi connectivity index (χ0n) is 18.0. The van der Waals surface area contributed by atoms with E-state index >= 15 is 0 Å². The standard InChI is InChI=1S/C24H30Cl2N2O2/c1-5-22(24(30)27-14-16(2)3)28(15-18-9-6-8-17(4)12-18)23(29)13-19-20(25)10-7-11-21(19)26/h6-12,16,22H,5,13-15H2,1-4H3,(H,27,30)/t22-/m0/s1. The van der Waals surface area contributed by atoms with Gasteiger partial charge in [0, 0.05) is 23.1 Å². The Morgan fingerprint density at radius 3 is 2.27 bits per heavy atom. The minimum Gasteiger partial charge on any atom is -0.354 e. The molecule has 2 amide bonds. The van der Waals surface area contributed by atoms with E-state index < -0.39 is 6.04 Å². The largest absolute Gasteiger partial charge is 0.354 e. The van der Waals surface area contributed by atoms with E-state index in [-0.39, 0.29) is 18.2 Å². The van der Waals surface area contributed by atoms with Gasteiger partial charge in [-0.25, -0.2) is 0 Å². The fraction of sp³-hybridized carbons (Fsp3) is 0.417. The number of hydrogen-bond acceptors (Lipinski definition) is 2. The van der Waals surface area contributed by atoms with Gasteiger partial charge < -0.3 is 10.2 Å². The van der Waals surface area contributed by atoms with Crippen LogP contribution < -0.4 is 5.32 Å². The summed E-state index contributed by atoms with van der Waals surface area (Å²) in [6.45, 7) is 8.91. The summed E-state index contributed by atoms with van der Waals surface area (Å²) in [5, 5.41) is 3.86. The van der Waals surface area contributed by atoms with Crippen LogP contribution in [0.15, 0.2) is 42.5 Å². The van der Waals surface area contributed by atoms with Gasteiger partial charge in [-0.2, -0.15) is 0 Å². The molecule has 2 aromatic rings. The molecule has 162 valence electrons. The molecule has 30 heavy (non-hydrogen) atoms. The molecule has 4 nitrogen and oxygen atoms in total. The molecule has 0 saturated carbocycles. The minimum absolute atomic E-state index is 0.0400. The van der Waals surface area contributed by atoms with Gasteiger partial charge in [-0.15, -0.1) is 0 Å². The minimum atomic E-state index is -0.571. The molecule has 2 rings (SSSR count). The van der Waals surface area contributed by atoms with E-state index in [2.05, 4.69) is 5.32 Å². The highest BCUT2D eigenvalue weighted by Gasteiger charge is 2.29. The van der Waals surface area contributed by atoms with Gasteiger partial charge in [0.05, 0.1) is 6.42 Å². The SMILES string of the molecule is CC[C@@H](C(=O)NCC(C)C)N(Cc1cccc(C)c1)C(=O)Cc1c(Cl)cccc1Cl. The highest BCUT2D eigenvalue weighted by atomic mass is 35.5. The number of amides is 2. The normalized spacial score (nSPS) is 12.0. The van der Waals surface area contributed by atoms with Gasteiger partial charge in [-0.05, 0) is 42.5 Å². The van der Waals surface area contributed by atoms with Crippen LogP contribution in [0, 0.1) is 12.8 Å². The van der Waals surface area contributed by atoms with Crippen molar-refractivity contribution in [1.82, 2.24) is 10.2 Å². The first-order valence-corrected chi connectivity index (χ1v) is 11.0. The summed E-state index contributed by atoms with van der Waals surface area (Å²) in [5.41, 5.74) is 2.66. The third-order valence-electron chi connectivity index (χ3n) is 4.90. The van der Waals surface area contributed by atoms with Crippen LogP contribution in [-0.4, -0.2) is 29.3 Å². The van der Waals surface area contributed by atoms with Crippen molar-refractivity contribution < 1.29 is 9.59 Å². The van der Waals surface area contributed by atoms with Crippen molar-refractivity contribution in [3.63, 3.8) is 0 Å². The summed E-state index contributed by atoms with van der Waals surface area (Å²) in [7, 11) is 0. The van der Waals surface area contributed by atoms with E-state index in [4.69, 9.17) is 23.2 Å². The first-order chi connectivity index (χ1) is 14.2. The topological polar surface area (TPSA) is 49.4 Å². The lowest BCUT2D eigenvalue weighted by molar-refractivity contribution is -0.141. The first kappa shape index (κ1) is 24.2. The molecule has 0 bridgehead atoms. The van der Waals surface area contributed by atoms with Crippen LogP contribution >= 0.6 is 23.2 Å². The fourth-order valence-electron chi connectivity index (χ4n) is 3.30. The van der Waals surface area contributed by atoms with Gasteiger partial charge in [-0.3, -0.25) is 9.59 Å². The molecule has 0 heterocycles. The van der Waals surface area contributed by atoms with Crippen LogP contribution in [0.2, 0.25) is 10.0 Å². The van der Waals surface area contributed by atoms with Crippen molar-refractivity contribution in [2.75, 3.05) is 6.54 Å². The first-order valence-electron chi connectivity index (χ1n) is 10.3. The molecule has 0 aromatic heterocycles. The Hall–Kier alpha value is -2.04. The number of nitrogens with zero attached hydrogens (tertiary/aromatic N) is 1. The summed E-state index contributed by atoms with van der Waals surface area (Å²) < 4.78 is 0. The number of rotatable bonds is 9. The Morgan fingerprint density at radius 1 is 1.07 bits per heavy atom. The zero-order chi connectivity index (χ0) is 22.3. The quantitative estimate of drug-likeness (QED) is 0.556. The van der Waals surface area contributed by atoms with Gasteiger partial charge >= 0.3 is 0 Å². The van der Waals surface area contributed by atoms with Crippen LogP contribution in [0.4, 0.5) is 0 Å². The van der Waals surface area contributed by atoms with Crippen LogP contribution in [0.5, 0.6) is 0 Å². The van der Waals surface area contributed by atoms with Gasteiger partial charge in [0.25, 0.3) is 0 Å². The molecule has 0 aliphatic rings. The number of aryl methyl sites for hydroxylation is 1. The van der Waals surface area contributed by atoms with Gasteiger partial charge in [0.2, 0.25) is 11.8 Å². The second-order valence-corrected chi connectivity index (χ2v) is 8.77. The Balaban J connectivity index is 2.33. The van der Waals surface area contributed by atoms with Crippen molar-refractivity contribution in [2.24, 2.45) is 5.92 Å². The fourth-order valence-corrected chi connectivity index (χ4v) is 3.83. The number of benzene rings is 2. The Kier molecular flexibility index (Phi) is 9.19. The molecule has 0 aliphatic carbocycles. The van der Waals surface area contributed by atoms with E-state index in [0.717, 1.165) is 11.1 Å². The molecule has 0 aliphatic heterocycles. The molecule has 1 atom stereocenters. The van der Waals surface area contributed by atoms with Crippen LogP contribution in [-0.2, 0) is 22.6 Å². The molecule has 0 spiro atoms. The van der Waals surface area contributed by atoms with Crippen molar-refractivity contribution >= 4 is 35.0 Å². The summed E-state index contributed by atoms with van der Waals surface area (Å²) in [6.07, 6.45) is 0.552. The molecule has 2 aromatic carbocycles. The number of halogens is 2. The third kappa shape index (κ3) is 6.75. The van der Waals surface area contributed by atoms with E-state index in [1.165, 1.54) is 0 Å². The van der Waals surface area contributed by atoms with E-state index in [9.17, 15) is 9.59 Å². The Morgan fingerprint density at radius 2 is 1.70 bits per heavy atom. The summed E-state index contributed by atoms with van der Waals surface area (Å²) in [6, 6.07) is 12.6. The lowest BCUT2D eigenvalue weighted by Gasteiger charge is -2.31. The Labute approximate surface area is 189 Å². The number of carbonyl (C=O) groups is 2. The molecular weight excluding hydrogens is 419 g/mol. The molecule has 1 N–H and O–H groups in total. The van der Waals surface area contributed by atoms with Gasteiger partial charge in [-0.1, -0.05) is 79.9 Å². The van der Waals surface area contributed by atoms with E-state index in [0.29, 0.717) is 41.0 Å². The zero-order valence-corrected chi connectivity index (χ0v) is 19.6. The van der Waals surface area contributed by atoms with Crippen molar-refractivity contribution in [1.29, 1.82) is 0 Å². The molecule has 6 heteroatoms. The summed E-state index contributed by atoms with van der Waals surface area (Å²) in [4.78, 5) is 27.9. The van der Waals surface area contributed by atoms with Gasteiger partial charge in [0.15, 0.2) is 0 Å². The highest BCUT2D eigenvalue weighted by Crippen LogP contribution is 2.26. The van der Waals surface area contributed by atoms with Gasteiger partial charge in [0.1, 0.15) is 6.04 Å². The number of carbonyl (C=O) groups excluding carboxylic acids is 2. The van der Waals surface area contributed by atoms with E-state index in [1.54, 1.807) is 23.1 Å². The predicted octanol–water partition coefficient (Wildman–Crippen LogP) is 5.42. The average Bonchev–Trinajstić information content (AvgIpc) is 2.69. The second kappa shape index (κ2) is 11.4. The van der Waals surface area contributed by atoms with Crippen LogP contribution in [0.25, 0.3) is 0 Å². The highest BCUT2D eigenvalue weighted by molar-refractivity contribution is 6.36. The van der Waals surface area contributed by atoms with E-state index in [1.807, 2.05) is 52.0 Å². The Bertz CT molecular complexity index is 863. The maximum absolute atomic E-state index is 13.4. The van der Waals surface area contributed by atoms with Crippen molar-refractivity contribution in [3.05, 3.63) is 69.2 Å². The van der Waals surface area contributed by atoms with Crippen molar-refractivity contribution in [3.8, 4) is 0 Å². The molecule has 0 saturated heterocycles. The maximum Gasteiger partial charge on any atom is 0.242 e. The second-order valence-electron chi connectivity index (χ2n) is 7.95. The predicted molar refractivity (Wildman–Crippen MR) is 124 cm³/mol. The lowest BCUT2D eigenvalue weighted by atomic mass is 10.1. The molecular formula is C24H30Cl2N2O2. The summed E-state index contributed by atoms with van der Waals surface area (Å²) in [5.74, 6) is 0.00447. The third-order valence-corrected chi connectivity index (χ3v) is 5.60.